The lowest BCUT2D eigenvalue weighted by Crippen LogP contribution is -2.54. The van der Waals surface area contributed by atoms with Crippen molar-refractivity contribution in [2.45, 2.75) is 35.1 Å². The second kappa shape index (κ2) is 10.6. The minimum absolute atomic E-state index is 0.0530. The van der Waals surface area contributed by atoms with Gasteiger partial charge in [-0.25, -0.2) is 8.42 Å². The number of sulfonamides is 1. The van der Waals surface area contributed by atoms with E-state index in [0.717, 1.165) is 5.56 Å². The topological polar surface area (TPSA) is 87.7 Å². The minimum Gasteiger partial charge on any atom is -0.497 e. The third-order valence-electron chi connectivity index (χ3n) is 6.22. The minimum atomic E-state index is -3.57. The molecule has 184 valence electrons. The van der Waals surface area contributed by atoms with Gasteiger partial charge in [0.15, 0.2) is 0 Å². The van der Waals surface area contributed by atoms with Crippen LogP contribution in [0, 0.1) is 0 Å². The molecule has 4 rings (SSSR count). The zero-order valence-electron chi connectivity index (χ0n) is 18.7. The van der Waals surface area contributed by atoms with E-state index >= 15 is 0 Å². The van der Waals surface area contributed by atoms with E-state index in [2.05, 4.69) is 10.6 Å². The third-order valence-corrected chi connectivity index (χ3v) is 10.3. The molecule has 7 nitrogen and oxygen atoms in total. The van der Waals surface area contributed by atoms with Crippen molar-refractivity contribution in [3.05, 3.63) is 58.1 Å². The zero-order chi connectivity index (χ0) is 24.3. The van der Waals surface area contributed by atoms with Crippen molar-refractivity contribution < 1.29 is 17.9 Å². The number of amides is 1. The van der Waals surface area contributed by atoms with Gasteiger partial charge in [-0.1, -0.05) is 29.3 Å². The molecule has 2 aromatic rings. The van der Waals surface area contributed by atoms with Crippen LogP contribution in [-0.4, -0.2) is 62.0 Å². The predicted molar refractivity (Wildman–Crippen MR) is 136 cm³/mol. The zero-order valence-corrected chi connectivity index (χ0v) is 21.9. The summed E-state index contributed by atoms with van der Waals surface area (Å²) in [4.78, 5) is 12.7. The molecule has 2 aliphatic rings. The first-order chi connectivity index (χ1) is 16.2. The van der Waals surface area contributed by atoms with Gasteiger partial charge >= 0.3 is 0 Å². The molecule has 1 unspecified atom stereocenters. The Balaban J connectivity index is 1.28. The van der Waals surface area contributed by atoms with Crippen molar-refractivity contribution >= 4 is 50.9 Å². The van der Waals surface area contributed by atoms with Gasteiger partial charge in [-0.3, -0.25) is 10.1 Å². The summed E-state index contributed by atoms with van der Waals surface area (Å²) in [5, 5.41) is 7.62. The van der Waals surface area contributed by atoms with Crippen LogP contribution in [0.5, 0.6) is 5.75 Å². The Hall–Kier alpha value is -1.49. The second-order valence-electron chi connectivity index (χ2n) is 8.36. The van der Waals surface area contributed by atoms with Gasteiger partial charge < -0.3 is 10.1 Å². The van der Waals surface area contributed by atoms with Gasteiger partial charge in [-0.2, -0.15) is 4.31 Å². The fourth-order valence-corrected chi connectivity index (χ4v) is 7.59. The van der Waals surface area contributed by atoms with Crippen LogP contribution < -0.4 is 15.4 Å². The van der Waals surface area contributed by atoms with Crippen LogP contribution in [0.2, 0.25) is 10.0 Å². The largest absolute Gasteiger partial charge is 0.497 e. The number of rotatable bonds is 7. The molecule has 1 amide bonds. The summed E-state index contributed by atoms with van der Waals surface area (Å²) in [6.45, 7) is 1.28. The van der Waals surface area contributed by atoms with E-state index in [0.29, 0.717) is 60.4 Å². The summed E-state index contributed by atoms with van der Waals surface area (Å²) < 4.78 is 32.7. The first kappa shape index (κ1) is 25.6. The van der Waals surface area contributed by atoms with Gasteiger partial charge in [0.05, 0.1) is 22.9 Å². The average Bonchev–Trinajstić information content (AvgIpc) is 3.24. The lowest BCUT2D eigenvalue weighted by molar-refractivity contribution is -0.122. The number of carbonyl (C=O) groups excluding carboxylic acids is 1. The molecular weight excluding hydrogens is 517 g/mol. The van der Waals surface area contributed by atoms with Gasteiger partial charge in [0.25, 0.3) is 0 Å². The Morgan fingerprint density at radius 1 is 1.21 bits per heavy atom. The SMILES string of the molecule is COc1ccc(S(=O)(=O)N2CCC3(CC2)NC(C(=O)NCCc2ccc(Cl)cc2Cl)CS3)cc1. The molecule has 2 aromatic carbocycles. The molecule has 2 heterocycles. The molecule has 0 saturated carbocycles. The number of ether oxygens (including phenoxy) is 1. The number of nitrogens with zero attached hydrogens (tertiary/aromatic N) is 1. The molecule has 1 atom stereocenters. The summed E-state index contributed by atoms with van der Waals surface area (Å²) in [7, 11) is -2.02. The Morgan fingerprint density at radius 3 is 2.56 bits per heavy atom. The summed E-state index contributed by atoms with van der Waals surface area (Å²) in [5.41, 5.74) is 0.932. The molecule has 11 heteroatoms. The molecule has 0 bridgehead atoms. The lowest BCUT2D eigenvalue weighted by atomic mass is 10.0. The number of hydrogen-bond acceptors (Lipinski definition) is 6. The number of halogens is 2. The van der Waals surface area contributed by atoms with Gasteiger partial charge in [0.2, 0.25) is 15.9 Å². The highest BCUT2D eigenvalue weighted by molar-refractivity contribution is 8.01. The van der Waals surface area contributed by atoms with E-state index in [1.165, 1.54) is 4.31 Å². The number of benzene rings is 2. The number of piperidine rings is 1. The normalized spacial score (nSPS) is 20.4. The van der Waals surface area contributed by atoms with E-state index in [1.807, 2.05) is 6.07 Å². The first-order valence-corrected chi connectivity index (χ1v) is 14.2. The number of nitrogens with one attached hydrogen (secondary N) is 2. The summed E-state index contributed by atoms with van der Waals surface area (Å²) >= 11 is 13.8. The third kappa shape index (κ3) is 5.66. The summed E-state index contributed by atoms with van der Waals surface area (Å²) in [6, 6.07) is 11.5. The Bertz CT molecular complexity index is 1140. The molecule has 2 fully saturated rings. The van der Waals surface area contributed by atoms with Crippen LogP contribution >= 0.6 is 35.0 Å². The Kier molecular flexibility index (Phi) is 8.01. The average molecular weight is 545 g/mol. The first-order valence-electron chi connectivity index (χ1n) is 11.0. The van der Waals surface area contributed by atoms with Gasteiger partial charge in [0, 0.05) is 35.4 Å². The monoisotopic (exact) mass is 543 g/mol. The van der Waals surface area contributed by atoms with Gasteiger partial charge in [0.1, 0.15) is 5.75 Å². The van der Waals surface area contributed by atoms with Crippen molar-refractivity contribution in [2.24, 2.45) is 0 Å². The molecule has 2 saturated heterocycles. The Labute approximate surface area is 214 Å². The fourth-order valence-electron chi connectivity index (χ4n) is 4.23. The highest BCUT2D eigenvalue weighted by atomic mass is 35.5. The molecule has 1 spiro atoms. The summed E-state index contributed by atoms with van der Waals surface area (Å²) in [6.07, 6.45) is 1.89. The van der Waals surface area contributed by atoms with E-state index in [9.17, 15) is 13.2 Å². The Morgan fingerprint density at radius 2 is 1.91 bits per heavy atom. The van der Waals surface area contributed by atoms with E-state index < -0.39 is 10.0 Å². The van der Waals surface area contributed by atoms with Crippen LogP contribution in [0.25, 0.3) is 0 Å². The number of methoxy groups -OCH3 is 1. The molecule has 0 aliphatic carbocycles. The molecule has 34 heavy (non-hydrogen) atoms. The van der Waals surface area contributed by atoms with Crippen molar-refractivity contribution in [3.8, 4) is 5.75 Å². The molecular formula is C23H27Cl2N3O4S2. The molecule has 0 radical (unpaired) electrons. The molecule has 2 aliphatic heterocycles. The maximum Gasteiger partial charge on any atom is 0.243 e. The smallest absolute Gasteiger partial charge is 0.243 e. The second-order valence-corrected chi connectivity index (χ2v) is 12.5. The van der Waals surface area contributed by atoms with Gasteiger partial charge in [-0.05, 0) is 61.2 Å². The summed E-state index contributed by atoms with van der Waals surface area (Å²) in [5.74, 6) is 1.21. The van der Waals surface area contributed by atoms with Crippen LogP contribution in [-0.2, 0) is 21.2 Å². The standard InChI is InChI=1S/C23H27Cl2N3O4S2/c1-32-18-4-6-19(7-5-18)34(30,31)28-12-9-23(10-13-28)27-21(15-33-23)22(29)26-11-8-16-2-3-17(24)14-20(16)25/h2-7,14,21,27H,8-13,15H2,1H3,(H,26,29). The van der Waals surface area contributed by atoms with E-state index in [1.54, 1.807) is 55.3 Å². The molecule has 2 N–H and O–H groups in total. The highest BCUT2D eigenvalue weighted by Crippen LogP contribution is 2.40. The van der Waals surface area contributed by atoms with Crippen molar-refractivity contribution in [3.63, 3.8) is 0 Å². The van der Waals surface area contributed by atoms with Crippen molar-refractivity contribution in [1.82, 2.24) is 14.9 Å². The highest BCUT2D eigenvalue weighted by Gasteiger charge is 2.45. The van der Waals surface area contributed by atoms with Gasteiger partial charge in [-0.15, -0.1) is 11.8 Å². The maximum atomic E-state index is 13.0. The van der Waals surface area contributed by atoms with Crippen molar-refractivity contribution in [1.29, 1.82) is 0 Å². The van der Waals surface area contributed by atoms with E-state index in [4.69, 9.17) is 27.9 Å². The van der Waals surface area contributed by atoms with Crippen LogP contribution in [0.15, 0.2) is 47.4 Å². The maximum absolute atomic E-state index is 13.0. The van der Waals surface area contributed by atoms with Crippen molar-refractivity contribution in [2.75, 3.05) is 32.5 Å². The van der Waals surface area contributed by atoms with Crippen LogP contribution in [0.3, 0.4) is 0 Å². The molecule has 0 aromatic heterocycles. The lowest BCUT2D eigenvalue weighted by Gasteiger charge is -2.38. The van der Waals surface area contributed by atoms with Crippen LogP contribution in [0.1, 0.15) is 18.4 Å². The number of thioether (sulfide) groups is 1. The number of carbonyl (C=O) groups is 1. The van der Waals surface area contributed by atoms with Crippen LogP contribution in [0.4, 0.5) is 0 Å². The predicted octanol–water partition coefficient (Wildman–Crippen LogP) is 3.55. The fraction of sp³-hybridized carbons (Fsp3) is 0.435. The quantitative estimate of drug-likeness (QED) is 0.555. The number of hydrogen-bond donors (Lipinski definition) is 2. The van der Waals surface area contributed by atoms with E-state index in [-0.39, 0.29) is 21.7 Å².